The van der Waals surface area contributed by atoms with Crippen LogP contribution in [0.2, 0.25) is 0 Å². The second kappa shape index (κ2) is 3.53. The Morgan fingerprint density at radius 2 is 2.00 bits per heavy atom. The minimum Gasteiger partial charge on any atom is -0.258 e. The maximum absolute atomic E-state index is 4.36. The molecule has 0 bridgehead atoms. The van der Waals surface area contributed by atoms with Gasteiger partial charge < -0.3 is 0 Å². The summed E-state index contributed by atoms with van der Waals surface area (Å²) in [5.74, 6) is 0.637. The Bertz CT molecular complexity index is 254. The molecule has 0 aromatic heterocycles. The Kier molecular flexibility index (Phi) is 2.64. The van der Waals surface area contributed by atoms with Crippen molar-refractivity contribution < 1.29 is 0 Å². The first-order valence-electron chi connectivity index (χ1n) is 4.21. The van der Waals surface area contributed by atoms with Gasteiger partial charge >= 0.3 is 0 Å². The highest BCUT2D eigenvalue weighted by Crippen LogP contribution is 2.36. The summed E-state index contributed by atoms with van der Waals surface area (Å²) in [7, 11) is 0. The van der Waals surface area contributed by atoms with E-state index in [1.165, 1.54) is 12.8 Å². The van der Waals surface area contributed by atoms with Crippen LogP contribution in [0.25, 0.3) is 0 Å². The lowest BCUT2D eigenvalue weighted by molar-refractivity contribution is 0.988. The molecule has 0 aromatic carbocycles. The second-order valence-electron chi connectivity index (χ2n) is 3.19. The minimum absolute atomic E-state index is 0.637. The van der Waals surface area contributed by atoms with Gasteiger partial charge in [-0.25, -0.2) is 0 Å². The van der Waals surface area contributed by atoms with Gasteiger partial charge in [-0.1, -0.05) is 25.8 Å². The molecule has 0 saturated heterocycles. The van der Waals surface area contributed by atoms with Gasteiger partial charge in [0.05, 0.1) is 0 Å². The van der Waals surface area contributed by atoms with Crippen molar-refractivity contribution in [3.63, 3.8) is 0 Å². The molecule has 1 aliphatic carbocycles. The van der Waals surface area contributed by atoms with E-state index in [-0.39, 0.29) is 0 Å². The van der Waals surface area contributed by atoms with Crippen LogP contribution in [-0.2, 0) is 0 Å². The highest BCUT2D eigenvalue weighted by atomic mass is 14.8. The van der Waals surface area contributed by atoms with Crippen molar-refractivity contribution in [2.24, 2.45) is 10.9 Å². The van der Waals surface area contributed by atoms with E-state index in [1.807, 2.05) is 6.92 Å². The molecule has 64 valence electrons. The second-order valence-corrected chi connectivity index (χ2v) is 3.19. The predicted molar refractivity (Wildman–Crippen MR) is 54.3 cm³/mol. The summed E-state index contributed by atoms with van der Waals surface area (Å²) in [6.45, 7) is 13.3. The summed E-state index contributed by atoms with van der Waals surface area (Å²) in [5, 5.41) is 0. The van der Waals surface area contributed by atoms with Gasteiger partial charge in [0.15, 0.2) is 0 Å². The zero-order chi connectivity index (χ0) is 9.14. The molecule has 1 rings (SSSR count). The molecular formula is C11H15N. The first-order chi connectivity index (χ1) is 5.65. The zero-order valence-corrected chi connectivity index (χ0v) is 7.64. The third kappa shape index (κ3) is 2.19. The van der Waals surface area contributed by atoms with Crippen LogP contribution < -0.4 is 0 Å². The molecule has 0 unspecified atom stereocenters. The number of hydrogen-bond donors (Lipinski definition) is 0. The van der Waals surface area contributed by atoms with E-state index in [1.54, 1.807) is 6.08 Å². The Balaban J connectivity index is 2.59. The lowest BCUT2D eigenvalue weighted by Crippen LogP contribution is -1.94. The van der Waals surface area contributed by atoms with Gasteiger partial charge in [0.1, 0.15) is 0 Å². The third-order valence-corrected chi connectivity index (χ3v) is 2.07. The van der Waals surface area contributed by atoms with E-state index in [2.05, 4.69) is 24.7 Å². The van der Waals surface area contributed by atoms with Crippen molar-refractivity contribution in [1.29, 1.82) is 0 Å². The van der Waals surface area contributed by atoms with Crippen LogP contribution in [-0.4, -0.2) is 5.71 Å². The minimum atomic E-state index is 0.637. The monoisotopic (exact) mass is 161 g/mol. The van der Waals surface area contributed by atoms with Crippen molar-refractivity contribution >= 4 is 5.71 Å². The molecule has 0 spiro atoms. The van der Waals surface area contributed by atoms with Crippen LogP contribution >= 0.6 is 0 Å². The highest BCUT2D eigenvalue weighted by molar-refractivity contribution is 6.00. The summed E-state index contributed by atoms with van der Waals surface area (Å²) < 4.78 is 0. The Labute approximate surface area is 74.2 Å². The van der Waals surface area contributed by atoms with E-state index in [0.717, 1.165) is 17.0 Å². The SMILES string of the molecule is C=CC(=C)C(C)=NC(=C)C1CC1. The molecule has 0 N–H and O–H groups in total. The molecule has 0 aliphatic heterocycles. The van der Waals surface area contributed by atoms with E-state index < -0.39 is 0 Å². The molecule has 0 amide bonds. The summed E-state index contributed by atoms with van der Waals surface area (Å²) in [4.78, 5) is 4.36. The lowest BCUT2D eigenvalue weighted by atomic mass is 10.2. The van der Waals surface area contributed by atoms with Crippen molar-refractivity contribution in [3.8, 4) is 0 Å². The van der Waals surface area contributed by atoms with Crippen LogP contribution in [0.15, 0.2) is 42.1 Å². The van der Waals surface area contributed by atoms with Crippen LogP contribution in [0, 0.1) is 5.92 Å². The normalized spacial score (nSPS) is 17.2. The molecule has 0 heterocycles. The standard InChI is InChI=1S/C11H15N/c1-5-8(2)9(3)12-10(4)11-6-7-11/h5,11H,1-2,4,6-7H2,3H3. The molecule has 0 atom stereocenters. The summed E-state index contributed by atoms with van der Waals surface area (Å²) in [6.07, 6.45) is 4.21. The molecule has 1 nitrogen and oxygen atoms in total. The Morgan fingerprint density at radius 1 is 1.42 bits per heavy atom. The number of allylic oxidation sites excluding steroid dienone is 3. The number of aliphatic imine (C=N–C) groups is 1. The molecule has 0 aromatic rings. The van der Waals surface area contributed by atoms with Crippen molar-refractivity contribution in [1.82, 2.24) is 0 Å². The van der Waals surface area contributed by atoms with Gasteiger partial charge in [-0.3, -0.25) is 4.99 Å². The smallest absolute Gasteiger partial charge is 0.0441 e. The average molecular weight is 161 g/mol. The first kappa shape index (κ1) is 8.98. The van der Waals surface area contributed by atoms with Crippen LogP contribution in [0.1, 0.15) is 19.8 Å². The summed E-state index contributed by atoms with van der Waals surface area (Å²) >= 11 is 0. The maximum Gasteiger partial charge on any atom is 0.0441 e. The number of nitrogens with zero attached hydrogens (tertiary/aromatic N) is 1. The molecule has 1 saturated carbocycles. The van der Waals surface area contributed by atoms with E-state index in [4.69, 9.17) is 0 Å². The topological polar surface area (TPSA) is 12.4 Å². The fourth-order valence-corrected chi connectivity index (χ4v) is 0.943. The van der Waals surface area contributed by atoms with Crippen LogP contribution in [0.5, 0.6) is 0 Å². The van der Waals surface area contributed by atoms with Gasteiger partial charge in [0.2, 0.25) is 0 Å². The van der Waals surface area contributed by atoms with Crippen LogP contribution in [0.4, 0.5) is 0 Å². The molecule has 1 fully saturated rings. The van der Waals surface area contributed by atoms with Crippen LogP contribution in [0.3, 0.4) is 0 Å². The first-order valence-corrected chi connectivity index (χ1v) is 4.21. The van der Waals surface area contributed by atoms with Gasteiger partial charge in [0.25, 0.3) is 0 Å². The lowest BCUT2D eigenvalue weighted by Gasteiger charge is -2.00. The van der Waals surface area contributed by atoms with Gasteiger partial charge in [-0.2, -0.15) is 0 Å². The van der Waals surface area contributed by atoms with E-state index >= 15 is 0 Å². The number of hydrogen-bond acceptors (Lipinski definition) is 1. The fraction of sp³-hybridized carbons (Fsp3) is 0.364. The molecule has 1 heteroatoms. The van der Waals surface area contributed by atoms with Crippen molar-refractivity contribution in [2.45, 2.75) is 19.8 Å². The van der Waals surface area contributed by atoms with Gasteiger partial charge in [-0.05, 0) is 25.3 Å². The van der Waals surface area contributed by atoms with E-state index in [0.29, 0.717) is 5.92 Å². The van der Waals surface area contributed by atoms with Gasteiger partial charge in [0, 0.05) is 17.3 Å². The number of rotatable bonds is 4. The summed E-state index contributed by atoms with van der Waals surface area (Å²) in [5.41, 5.74) is 2.81. The van der Waals surface area contributed by atoms with Crippen molar-refractivity contribution in [2.75, 3.05) is 0 Å². The molecular weight excluding hydrogens is 146 g/mol. The van der Waals surface area contributed by atoms with E-state index in [9.17, 15) is 0 Å². The summed E-state index contributed by atoms with van der Waals surface area (Å²) in [6, 6.07) is 0. The average Bonchev–Trinajstić information content (AvgIpc) is 2.84. The molecule has 0 radical (unpaired) electrons. The van der Waals surface area contributed by atoms with Gasteiger partial charge in [-0.15, -0.1) is 0 Å². The largest absolute Gasteiger partial charge is 0.258 e. The highest BCUT2D eigenvalue weighted by Gasteiger charge is 2.24. The molecule has 1 aliphatic rings. The fourth-order valence-electron chi connectivity index (χ4n) is 0.943. The zero-order valence-electron chi connectivity index (χ0n) is 7.64. The predicted octanol–water partition coefficient (Wildman–Crippen LogP) is 3.11. The quantitative estimate of drug-likeness (QED) is 0.444. The third-order valence-electron chi connectivity index (χ3n) is 2.07. The Morgan fingerprint density at radius 3 is 2.42 bits per heavy atom. The van der Waals surface area contributed by atoms with Crippen molar-refractivity contribution in [3.05, 3.63) is 37.1 Å². The Hall–Kier alpha value is -1.11. The maximum atomic E-state index is 4.36. The molecule has 12 heavy (non-hydrogen) atoms.